The number of carbonyl (C=O) groups excluding carboxylic acids is 1. The van der Waals surface area contributed by atoms with E-state index in [1.165, 1.54) is 12.1 Å². The summed E-state index contributed by atoms with van der Waals surface area (Å²) in [6.07, 6.45) is -1.52. The van der Waals surface area contributed by atoms with Crippen LogP contribution in [-0.4, -0.2) is 17.3 Å². The monoisotopic (exact) mass is 372 g/mol. The average Bonchev–Trinajstić information content (AvgIpc) is 2.66. The molecule has 0 fully saturated rings. The standard InChI is InChI=1S/C20H15F3N2O2/c21-20(22,23)27-17-8-6-16(7-9-17)19(26)25-18(14-4-2-1-3-5-14)15-10-12-24-13-11-15/h1-13,18H,(H,25,26). The number of halogens is 3. The molecule has 1 heterocycles. The molecule has 0 radical (unpaired) electrons. The number of alkyl halides is 3. The molecule has 138 valence electrons. The van der Waals surface area contributed by atoms with Crippen LogP contribution in [0.4, 0.5) is 13.2 Å². The zero-order chi connectivity index (χ0) is 19.3. The van der Waals surface area contributed by atoms with E-state index >= 15 is 0 Å². The van der Waals surface area contributed by atoms with Crippen LogP contribution in [0.2, 0.25) is 0 Å². The van der Waals surface area contributed by atoms with E-state index in [-0.39, 0.29) is 11.3 Å². The number of rotatable bonds is 5. The molecule has 1 aromatic heterocycles. The summed E-state index contributed by atoms with van der Waals surface area (Å²) in [4.78, 5) is 16.6. The van der Waals surface area contributed by atoms with Gasteiger partial charge in [0.05, 0.1) is 6.04 Å². The van der Waals surface area contributed by atoms with Gasteiger partial charge in [-0.15, -0.1) is 13.2 Å². The second-order valence-electron chi connectivity index (χ2n) is 5.67. The summed E-state index contributed by atoms with van der Waals surface area (Å²) in [5.41, 5.74) is 1.93. The van der Waals surface area contributed by atoms with Gasteiger partial charge in [0.2, 0.25) is 0 Å². The summed E-state index contributed by atoms with van der Waals surface area (Å²) in [5, 5.41) is 2.90. The van der Waals surface area contributed by atoms with Crippen LogP contribution in [0.5, 0.6) is 5.75 Å². The fourth-order valence-electron chi connectivity index (χ4n) is 2.58. The normalized spacial score (nSPS) is 12.3. The molecule has 27 heavy (non-hydrogen) atoms. The molecule has 0 saturated heterocycles. The van der Waals surface area contributed by atoms with Gasteiger partial charge in [-0.05, 0) is 47.5 Å². The minimum Gasteiger partial charge on any atom is -0.406 e. The third-order valence-electron chi connectivity index (χ3n) is 3.80. The van der Waals surface area contributed by atoms with Gasteiger partial charge in [0.15, 0.2) is 0 Å². The smallest absolute Gasteiger partial charge is 0.406 e. The Labute approximate surface area is 153 Å². The van der Waals surface area contributed by atoms with Gasteiger partial charge < -0.3 is 10.1 Å². The lowest BCUT2D eigenvalue weighted by Gasteiger charge is -2.20. The predicted octanol–water partition coefficient (Wildman–Crippen LogP) is 4.50. The molecule has 1 amide bonds. The molecule has 1 atom stereocenters. The molecule has 7 heteroatoms. The lowest BCUT2D eigenvalue weighted by atomic mass is 9.99. The van der Waals surface area contributed by atoms with Crippen molar-refractivity contribution < 1.29 is 22.7 Å². The maximum absolute atomic E-state index is 12.6. The Morgan fingerprint density at radius 2 is 1.48 bits per heavy atom. The minimum atomic E-state index is -4.77. The predicted molar refractivity (Wildman–Crippen MR) is 93.1 cm³/mol. The molecule has 2 aromatic carbocycles. The number of pyridine rings is 1. The van der Waals surface area contributed by atoms with E-state index in [9.17, 15) is 18.0 Å². The number of ether oxygens (including phenoxy) is 1. The number of carbonyl (C=O) groups is 1. The first kappa shape index (κ1) is 18.4. The summed E-state index contributed by atoms with van der Waals surface area (Å²) in [7, 11) is 0. The Kier molecular flexibility index (Phi) is 5.40. The van der Waals surface area contributed by atoms with Crippen molar-refractivity contribution in [3.05, 3.63) is 95.8 Å². The molecule has 0 aliphatic carbocycles. The first-order chi connectivity index (χ1) is 12.9. The first-order valence-electron chi connectivity index (χ1n) is 8.04. The number of nitrogens with one attached hydrogen (secondary N) is 1. The highest BCUT2D eigenvalue weighted by Crippen LogP contribution is 2.24. The topological polar surface area (TPSA) is 51.2 Å². The molecule has 0 bridgehead atoms. The molecule has 0 spiro atoms. The largest absolute Gasteiger partial charge is 0.573 e. The van der Waals surface area contributed by atoms with E-state index in [1.54, 1.807) is 24.5 Å². The van der Waals surface area contributed by atoms with Crippen molar-refractivity contribution in [3.63, 3.8) is 0 Å². The fraction of sp³-hybridized carbons (Fsp3) is 0.100. The summed E-state index contributed by atoms with van der Waals surface area (Å²) in [5.74, 6) is -0.799. The van der Waals surface area contributed by atoms with Crippen molar-refractivity contribution in [3.8, 4) is 5.75 Å². The second kappa shape index (κ2) is 7.90. The van der Waals surface area contributed by atoms with Crippen LogP contribution in [0, 0.1) is 0 Å². The average molecular weight is 372 g/mol. The highest BCUT2D eigenvalue weighted by atomic mass is 19.4. The van der Waals surface area contributed by atoms with E-state index < -0.39 is 18.3 Å². The lowest BCUT2D eigenvalue weighted by Crippen LogP contribution is -2.29. The number of hydrogen-bond acceptors (Lipinski definition) is 3. The molecule has 3 aromatic rings. The van der Waals surface area contributed by atoms with E-state index in [0.717, 1.165) is 23.3 Å². The van der Waals surface area contributed by atoms with Crippen LogP contribution in [0.3, 0.4) is 0 Å². The van der Waals surface area contributed by atoms with Gasteiger partial charge in [0.1, 0.15) is 5.75 Å². The molecule has 0 aliphatic rings. The van der Waals surface area contributed by atoms with Gasteiger partial charge in [-0.25, -0.2) is 0 Å². The van der Waals surface area contributed by atoms with Gasteiger partial charge in [-0.3, -0.25) is 9.78 Å². The number of benzene rings is 2. The van der Waals surface area contributed by atoms with E-state index in [0.29, 0.717) is 0 Å². The van der Waals surface area contributed by atoms with Crippen molar-refractivity contribution in [2.45, 2.75) is 12.4 Å². The molecule has 0 saturated carbocycles. The van der Waals surface area contributed by atoms with Gasteiger partial charge in [0, 0.05) is 18.0 Å². The Morgan fingerprint density at radius 3 is 2.07 bits per heavy atom. The Hall–Kier alpha value is -3.35. The Balaban J connectivity index is 1.81. The van der Waals surface area contributed by atoms with Crippen LogP contribution < -0.4 is 10.1 Å². The maximum atomic E-state index is 12.6. The van der Waals surface area contributed by atoms with Crippen molar-refractivity contribution in [1.29, 1.82) is 0 Å². The maximum Gasteiger partial charge on any atom is 0.573 e. The first-order valence-corrected chi connectivity index (χ1v) is 8.04. The van der Waals surface area contributed by atoms with E-state index in [2.05, 4.69) is 15.0 Å². The third kappa shape index (κ3) is 5.07. The van der Waals surface area contributed by atoms with Gasteiger partial charge in [-0.1, -0.05) is 30.3 Å². The van der Waals surface area contributed by atoms with Crippen LogP contribution >= 0.6 is 0 Å². The van der Waals surface area contributed by atoms with Crippen LogP contribution in [0.1, 0.15) is 27.5 Å². The highest BCUT2D eigenvalue weighted by molar-refractivity contribution is 5.94. The highest BCUT2D eigenvalue weighted by Gasteiger charge is 2.31. The number of amides is 1. The van der Waals surface area contributed by atoms with Gasteiger partial charge in [-0.2, -0.15) is 0 Å². The summed E-state index contributed by atoms with van der Waals surface area (Å²) in [6.45, 7) is 0. The zero-order valence-corrected chi connectivity index (χ0v) is 14.0. The van der Waals surface area contributed by atoms with Gasteiger partial charge in [0.25, 0.3) is 5.91 Å². The minimum absolute atomic E-state index is 0.222. The van der Waals surface area contributed by atoms with Gasteiger partial charge >= 0.3 is 6.36 Å². The number of hydrogen-bond donors (Lipinski definition) is 1. The molecule has 1 N–H and O–H groups in total. The van der Waals surface area contributed by atoms with Crippen molar-refractivity contribution in [1.82, 2.24) is 10.3 Å². The van der Waals surface area contributed by atoms with Crippen molar-refractivity contribution in [2.75, 3.05) is 0 Å². The zero-order valence-electron chi connectivity index (χ0n) is 14.0. The quantitative estimate of drug-likeness (QED) is 0.718. The van der Waals surface area contributed by atoms with E-state index in [4.69, 9.17) is 0 Å². The second-order valence-corrected chi connectivity index (χ2v) is 5.67. The van der Waals surface area contributed by atoms with Crippen LogP contribution in [-0.2, 0) is 0 Å². The summed E-state index contributed by atoms with van der Waals surface area (Å²) in [6, 6.07) is 17.3. The fourth-order valence-corrected chi connectivity index (χ4v) is 2.58. The lowest BCUT2D eigenvalue weighted by molar-refractivity contribution is -0.274. The summed E-state index contributed by atoms with van der Waals surface area (Å²) < 4.78 is 40.5. The molecular weight excluding hydrogens is 357 g/mol. The Morgan fingerprint density at radius 1 is 0.889 bits per heavy atom. The summed E-state index contributed by atoms with van der Waals surface area (Å²) >= 11 is 0. The van der Waals surface area contributed by atoms with E-state index in [1.807, 2.05) is 30.3 Å². The Bertz CT molecular complexity index is 843. The molecule has 4 nitrogen and oxygen atoms in total. The third-order valence-corrected chi connectivity index (χ3v) is 3.80. The number of aromatic nitrogens is 1. The van der Waals surface area contributed by atoms with Crippen molar-refractivity contribution in [2.24, 2.45) is 0 Å². The molecule has 1 unspecified atom stereocenters. The molecule has 3 rings (SSSR count). The van der Waals surface area contributed by atoms with Crippen LogP contribution in [0.25, 0.3) is 0 Å². The molecule has 0 aliphatic heterocycles. The number of nitrogens with zero attached hydrogens (tertiary/aromatic N) is 1. The SMILES string of the molecule is O=C(NC(c1ccccc1)c1ccncc1)c1ccc(OC(F)(F)F)cc1. The van der Waals surface area contributed by atoms with Crippen LogP contribution in [0.15, 0.2) is 79.1 Å². The van der Waals surface area contributed by atoms with Crippen molar-refractivity contribution >= 4 is 5.91 Å². The molecular formula is C20H15F3N2O2.